The van der Waals surface area contributed by atoms with Crippen LogP contribution in [0.5, 0.6) is 0 Å². The highest BCUT2D eigenvalue weighted by molar-refractivity contribution is 5.73. The van der Waals surface area contributed by atoms with Crippen LogP contribution in [-0.2, 0) is 14.3 Å². The summed E-state index contributed by atoms with van der Waals surface area (Å²) in [7, 11) is 0. The highest BCUT2D eigenvalue weighted by Crippen LogP contribution is 2.38. The summed E-state index contributed by atoms with van der Waals surface area (Å²) in [6.07, 6.45) is 17.7. The first-order valence-electron chi connectivity index (χ1n) is 15.5. The fourth-order valence-corrected chi connectivity index (χ4v) is 5.29. The fraction of sp³-hybridized carbons (Fsp3) is 0.967. The van der Waals surface area contributed by atoms with Gasteiger partial charge in [0.2, 0.25) is 0 Å². The zero-order valence-electron chi connectivity index (χ0n) is 23.9. The van der Waals surface area contributed by atoms with Gasteiger partial charge in [-0.05, 0) is 12.8 Å². The Hall–Kier alpha value is -0.730. The van der Waals surface area contributed by atoms with Crippen LogP contribution in [0.15, 0.2) is 0 Å². The lowest BCUT2D eigenvalue weighted by atomic mass is 9.97. The molecule has 0 aromatic rings. The molecule has 1 aliphatic heterocycles. The third-order valence-corrected chi connectivity index (χ3v) is 7.73. The summed E-state index contributed by atoms with van der Waals surface area (Å²) < 4.78 is 11.9. The standard InChI is InChI=1S/C30H58O7/c1-3-5-7-9-11-13-15-17-19-21-23-30(28(33)25(31)27(37-30)26(32)29(34)35)36-24-22-20-18-16-14-12-10-8-6-4-2/h25-28,31-33H,3-24H2,1-2H3,(H,34,35)/t25-,26-,27+,28+,30+/m0/s1. The van der Waals surface area contributed by atoms with E-state index in [1.165, 1.54) is 89.9 Å². The number of carboxylic acids is 1. The zero-order valence-corrected chi connectivity index (χ0v) is 23.9. The molecule has 0 aromatic heterocycles. The Morgan fingerprint density at radius 1 is 0.730 bits per heavy atom. The van der Waals surface area contributed by atoms with Crippen LogP contribution in [0, 0.1) is 0 Å². The van der Waals surface area contributed by atoms with Crippen molar-refractivity contribution in [2.24, 2.45) is 0 Å². The first-order chi connectivity index (χ1) is 17.9. The summed E-state index contributed by atoms with van der Waals surface area (Å²) in [5.74, 6) is -2.96. The molecule has 7 nitrogen and oxygen atoms in total. The summed E-state index contributed by atoms with van der Waals surface area (Å²) in [6, 6.07) is 0. The van der Waals surface area contributed by atoms with Gasteiger partial charge in [-0.15, -0.1) is 0 Å². The molecule has 0 amide bonds. The van der Waals surface area contributed by atoms with Gasteiger partial charge in [-0.25, -0.2) is 4.79 Å². The van der Waals surface area contributed by atoms with Crippen LogP contribution < -0.4 is 0 Å². The van der Waals surface area contributed by atoms with Gasteiger partial charge in [0, 0.05) is 6.42 Å². The van der Waals surface area contributed by atoms with E-state index in [-0.39, 0.29) is 0 Å². The normalized spacial score (nSPS) is 24.5. The SMILES string of the molecule is CCCCCCCCCCCCO[C@]1(CCCCCCCCCCCC)O[C@@H]([C@H](O)C(=O)O)[C@H](O)[C@H]1O. The van der Waals surface area contributed by atoms with Crippen LogP contribution >= 0.6 is 0 Å². The van der Waals surface area contributed by atoms with Crippen LogP contribution in [0.2, 0.25) is 0 Å². The van der Waals surface area contributed by atoms with E-state index in [0.29, 0.717) is 13.0 Å². The number of unbranched alkanes of at least 4 members (excludes halogenated alkanes) is 18. The van der Waals surface area contributed by atoms with Gasteiger partial charge >= 0.3 is 5.97 Å². The Morgan fingerprint density at radius 2 is 1.14 bits per heavy atom. The van der Waals surface area contributed by atoms with Crippen LogP contribution in [0.4, 0.5) is 0 Å². The van der Waals surface area contributed by atoms with E-state index in [1.54, 1.807) is 0 Å². The molecule has 1 rings (SSSR count). The molecule has 0 radical (unpaired) electrons. The maximum atomic E-state index is 11.3. The maximum Gasteiger partial charge on any atom is 0.335 e. The highest BCUT2D eigenvalue weighted by Gasteiger charge is 2.57. The lowest BCUT2D eigenvalue weighted by molar-refractivity contribution is -0.269. The Bertz CT molecular complexity index is 558. The van der Waals surface area contributed by atoms with Gasteiger partial charge < -0.3 is 29.9 Å². The van der Waals surface area contributed by atoms with E-state index in [4.69, 9.17) is 9.47 Å². The van der Waals surface area contributed by atoms with Crippen molar-refractivity contribution in [3.8, 4) is 0 Å². The summed E-state index contributed by atoms with van der Waals surface area (Å²) >= 11 is 0. The van der Waals surface area contributed by atoms with E-state index < -0.39 is 36.2 Å². The molecular weight excluding hydrogens is 472 g/mol. The molecule has 0 bridgehead atoms. The largest absolute Gasteiger partial charge is 0.479 e. The van der Waals surface area contributed by atoms with Crippen molar-refractivity contribution in [2.45, 2.75) is 179 Å². The van der Waals surface area contributed by atoms with Gasteiger partial charge in [-0.2, -0.15) is 0 Å². The maximum absolute atomic E-state index is 11.3. The summed E-state index contributed by atoms with van der Waals surface area (Å²) in [6.45, 7) is 4.82. The topological polar surface area (TPSA) is 116 Å². The molecule has 7 heteroatoms. The van der Waals surface area contributed by atoms with Crippen molar-refractivity contribution in [1.29, 1.82) is 0 Å². The number of aliphatic hydroxyl groups is 3. The quantitative estimate of drug-likeness (QED) is 0.0996. The predicted molar refractivity (Wildman–Crippen MR) is 148 cm³/mol. The molecule has 0 unspecified atom stereocenters. The van der Waals surface area contributed by atoms with Gasteiger partial charge in [-0.3, -0.25) is 0 Å². The van der Waals surface area contributed by atoms with Crippen molar-refractivity contribution in [2.75, 3.05) is 6.61 Å². The van der Waals surface area contributed by atoms with E-state index in [1.807, 2.05) is 0 Å². The van der Waals surface area contributed by atoms with Gasteiger partial charge in [0.25, 0.3) is 0 Å². The molecular formula is C30H58O7. The zero-order chi connectivity index (χ0) is 27.4. The second kappa shape index (κ2) is 21.1. The van der Waals surface area contributed by atoms with Gasteiger partial charge in [0.05, 0.1) is 6.61 Å². The third kappa shape index (κ3) is 13.8. The number of aliphatic carboxylic acids is 1. The minimum absolute atomic E-state index is 0.363. The number of carbonyl (C=O) groups is 1. The van der Waals surface area contributed by atoms with Gasteiger partial charge in [-0.1, -0.05) is 129 Å². The second-order valence-corrected chi connectivity index (χ2v) is 11.1. The van der Waals surface area contributed by atoms with Crippen molar-refractivity contribution >= 4 is 5.97 Å². The summed E-state index contributed by atoms with van der Waals surface area (Å²) in [5.41, 5.74) is 0. The number of hydrogen-bond acceptors (Lipinski definition) is 6. The first-order valence-corrected chi connectivity index (χ1v) is 15.5. The molecule has 0 spiro atoms. The Labute approximate surface area is 226 Å². The monoisotopic (exact) mass is 530 g/mol. The second-order valence-electron chi connectivity index (χ2n) is 11.1. The molecule has 0 aromatic carbocycles. The first kappa shape index (κ1) is 34.3. The van der Waals surface area contributed by atoms with E-state index in [9.17, 15) is 25.2 Å². The predicted octanol–water partition coefficient (Wildman–Crippen LogP) is 6.50. The van der Waals surface area contributed by atoms with E-state index >= 15 is 0 Å². The Balaban J connectivity index is 2.43. The lowest BCUT2D eigenvalue weighted by Crippen LogP contribution is -2.46. The van der Waals surface area contributed by atoms with Crippen molar-refractivity contribution in [1.82, 2.24) is 0 Å². The number of ether oxygens (including phenoxy) is 2. The van der Waals surface area contributed by atoms with Gasteiger partial charge in [0.15, 0.2) is 11.9 Å². The minimum atomic E-state index is -1.92. The average Bonchev–Trinajstić information content (AvgIpc) is 3.13. The number of aliphatic hydroxyl groups excluding tert-OH is 3. The molecule has 220 valence electrons. The van der Waals surface area contributed by atoms with Crippen LogP contribution in [0.3, 0.4) is 0 Å². The number of carboxylic acid groups (broad SMARTS) is 1. The van der Waals surface area contributed by atoms with Crippen molar-refractivity contribution in [3.05, 3.63) is 0 Å². The highest BCUT2D eigenvalue weighted by atomic mass is 16.7. The molecule has 5 atom stereocenters. The molecule has 0 aliphatic carbocycles. The van der Waals surface area contributed by atoms with E-state index in [0.717, 1.165) is 38.5 Å². The molecule has 4 N–H and O–H groups in total. The van der Waals surface area contributed by atoms with Crippen LogP contribution in [0.25, 0.3) is 0 Å². The van der Waals surface area contributed by atoms with Gasteiger partial charge in [0.1, 0.15) is 18.3 Å². The summed E-state index contributed by atoms with van der Waals surface area (Å²) in [5, 5.41) is 40.5. The molecule has 0 saturated carbocycles. The molecule has 37 heavy (non-hydrogen) atoms. The number of hydrogen-bond donors (Lipinski definition) is 4. The van der Waals surface area contributed by atoms with Crippen molar-refractivity contribution in [3.63, 3.8) is 0 Å². The minimum Gasteiger partial charge on any atom is -0.479 e. The van der Waals surface area contributed by atoms with Crippen LogP contribution in [-0.4, -0.2) is 63.2 Å². The molecule has 1 heterocycles. The Morgan fingerprint density at radius 3 is 1.57 bits per heavy atom. The summed E-state index contributed by atoms with van der Waals surface area (Å²) in [4.78, 5) is 11.3. The molecule has 1 saturated heterocycles. The number of rotatable bonds is 25. The Kier molecular flexibility index (Phi) is 19.6. The van der Waals surface area contributed by atoms with E-state index in [2.05, 4.69) is 13.8 Å². The third-order valence-electron chi connectivity index (χ3n) is 7.73. The molecule has 1 fully saturated rings. The van der Waals surface area contributed by atoms with Crippen molar-refractivity contribution < 1.29 is 34.7 Å². The molecule has 1 aliphatic rings. The average molecular weight is 531 g/mol. The fourth-order valence-electron chi connectivity index (χ4n) is 5.29. The smallest absolute Gasteiger partial charge is 0.335 e. The lowest BCUT2D eigenvalue weighted by Gasteiger charge is -2.32. The van der Waals surface area contributed by atoms with Crippen LogP contribution in [0.1, 0.15) is 149 Å².